The number of alkyl halides is 3. The van der Waals surface area contributed by atoms with Crippen molar-refractivity contribution in [1.82, 2.24) is 10.2 Å². The first-order chi connectivity index (χ1) is 11.9. The summed E-state index contributed by atoms with van der Waals surface area (Å²) in [6, 6.07) is 5.45. The van der Waals surface area contributed by atoms with E-state index in [1.54, 1.807) is 6.07 Å². The average molecular weight is 359 g/mol. The van der Waals surface area contributed by atoms with E-state index >= 15 is 0 Å². The molecular formula is C17H24F3N3O2. The Morgan fingerprint density at radius 3 is 2.68 bits per heavy atom. The normalized spacial score (nSPS) is 26.5. The highest BCUT2D eigenvalue weighted by Gasteiger charge is 2.33. The van der Waals surface area contributed by atoms with Gasteiger partial charge in [-0.05, 0) is 18.2 Å². The van der Waals surface area contributed by atoms with E-state index in [0.717, 1.165) is 12.6 Å². The number of benzene rings is 1. The Bertz CT molecular complexity index is 567. The van der Waals surface area contributed by atoms with Crippen LogP contribution in [0.3, 0.4) is 0 Å². The zero-order chi connectivity index (χ0) is 17.9. The third-order valence-corrected chi connectivity index (χ3v) is 4.68. The van der Waals surface area contributed by atoms with E-state index in [0.29, 0.717) is 58.2 Å². The van der Waals surface area contributed by atoms with Crippen LogP contribution in [0.25, 0.3) is 0 Å². The fourth-order valence-electron chi connectivity index (χ4n) is 3.34. The lowest BCUT2D eigenvalue weighted by Crippen LogP contribution is -2.56. The van der Waals surface area contributed by atoms with Gasteiger partial charge >= 0.3 is 6.18 Å². The average Bonchev–Trinajstić information content (AvgIpc) is 2.79. The number of piperazine rings is 1. The Morgan fingerprint density at radius 1 is 1.20 bits per heavy atom. The highest BCUT2D eigenvalue weighted by Crippen LogP contribution is 2.31. The molecule has 2 heterocycles. The first kappa shape index (κ1) is 18.4. The van der Waals surface area contributed by atoms with Crippen LogP contribution in [0.1, 0.15) is 5.56 Å². The Labute approximate surface area is 145 Å². The van der Waals surface area contributed by atoms with Crippen LogP contribution < -0.4 is 10.2 Å². The van der Waals surface area contributed by atoms with Gasteiger partial charge in [-0.2, -0.15) is 13.2 Å². The quantitative estimate of drug-likeness (QED) is 0.849. The molecule has 0 spiro atoms. The molecule has 5 nitrogen and oxygen atoms in total. The summed E-state index contributed by atoms with van der Waals surface area (Å²) in [5, 5.41) is 13.8. The van der Waals surface area contributed by atoms with Crippen molar-refractivity contribution in [2.24, 2.45) is 0 Å². The Kier molecular flexibility index (Phi) is 5.52. The predicted octanol–water partition coefficient (Wildman–Crippen LogP) is 1.18. The Morgan fingerprint density at radius 2 is 1.96 bits per heavy atom. The summed E-state index contributed by atoms with van der Waals surface area (Å²) < 4.78 is 44.0. The third kappa shape index (κ3) is 4.84. The molecule has 2 aliphatic heterocycles. The van der Waals surface area contributed by atoms with E-state index in [2.05, 4.69) is 10.2 Å². The van der Waals surface area contributed by atoms with E-state index < -0.39 is 17.3 Å². The van der Waals surface area contributed by atoms with Gasteiger partial charge in [0.2, 0.25) is 0 Å². The lowest BCUT2D eigenvalue weighted by Gasteiger charge is -2.40. The Balaban J connectivity index is 1.57. The van der Waals surface area contributed by atoms with E-state index in [1.807, 2.05) is 4.90 Å². The monoisotopic (exact) mass is 359 g/mol. The lowest BCUT2D eigenvalue weighted by atomic mass is 10.0. The molecule has 0 unspecified atom stereocenters. The fourth-order valence-corrected chi connectivity index (χ4v) is 3.34. The van der Waals surface area contributed by atoms with Crippen LogP contribution in [0.15, 0.2) is 24.3 Å². The minimum absolute atomic E-state index is 0.299. The van der Waals surface area contributed by atoms with Crippen molar-refractivity contribution in [3.05, 3.63) is 29.8 Å². The molecule has 8 heteroatoms. The zero-order valence-corrected chi connectivity index (χ0v) is 14.1. The second kappa shape index (κ2) is 7.49. The van der Waals surface area contributed by atoms with E-state index in [4.69, 9.17) is 4.74 Å². The molecule has 3 rings (SSSR count). The van der Waals surface area contributed by atoms with Gasteiger partial charge in [-0.1, -0.05) is 6.07 Å². The first-order valence-electron chi connectivity index (χ1n) is 8.51. The second-order valence-electron chi connectivity index (χ2n) is 6.76. The van der Waals surface area contributed by atoms with Gasteiger partial charge in [0.05, 0.1) is 18.8 Å². The maximum atomic E-state index is 12.9. The summed E-state index contributed by atoms with van der Waals surface area (Å²) in [7, 11) is 0. The van der Waals surface area contributed by atoms with Crippen molar-refractivity contribution in [3.8, 4) is 0 Å². The Hall–Kier alpha value is -1.35. The molecule has 140 valence electrons. The molecule has 1 aromatic carbocycles. The summed E-state index contributed by atoms with van der Waals surface area (Å²) in [5.74, 6) is 0. The van der Waals surface area contributed by atoms with Crippen LogP contribution in [-0.4, -0.2) is 74.6 Å². The topological polar surface area (TPSA) is 48.0 Å². The van der Waals surface area contributed by atoms with Gasteiger partial charge in [-0.3, -0.25) is 4.90 Å². The summed E-state index contributed by atoms with van der Waals surface area (Å²) in [5.41, 5.74) is -0.953. The van der Waals surface area contributed by atoms with E-state index in [9.17, 15) is 18.3 Å². The maximum Gasteiger partial charge on any atom is 0.416 e. The van der Waals surface area contributed by atoms with Gasteiger partial charge in [0.25, 0.3) is 0 Å². The number of hydrogen-bond donors (Lipinski definition) is 2. The van der Waals surface area contributed by atoms with Gasteiger partial charge in [0.1, 0.15) is 5.60 Å². The number of β-amino-alcohol motifs (C(OH)–C–C–N with tert-alkyl or cyclic N) is 1. The lowest BCUT2D eigenvalue weighted by molar-refractivity contribution is -0.137. The molecule has 0 bridgehead atoms. The summed E-state index contributed by atoms with van der Waals surface area (Å²) in [6.45, 7) is 5.25. The van der Waals surface area contributed by atoms with E-state index in [1.165, 1.54) is 12.1 Å². The second-order valence-corrected chi connectivity index (χ2v) is 6.76. The van der Waals surface area contributed by atoms with Crippen molar-refractivity contribution in [2.75, 3.05) is 63.9 Å². The first-order valence-corrected chi connectivity index (χ1v) is 8.51. The molecule has 1 aromatic rings. The molecule has 0 radical (unpaired) electrons. The van der Waals surface area contributed by atoms with Gasteiger partial charge in [-0.25, -0.2) is 0 Å². The van der Waals surface area contributed by atoms with Crippen LogP contribution in [0.2, 0.25) is 0 Å². The van der Waals surface area contributed by atoms with Crippen molar-refractivity contribution in [2.45, 2.75) is 11.8 Å². The smallest absolute Gasteiger partial charge is 0.385 e. The summed E-state index contributed by atoms with van der Waals surface area (Å²) >= 11 is 0. The number of anilines is 1. The van der Waals surface area contributed by atoms with Crippen LogP contribution in [0.5, 0.6) is 0 Å². The fraction of sp³-hybridized carbons (Fsp3) is 0.647. The molecular weight excluding hydrogens is 335 g/mol. The third-order valence-electron chi connectivity index (χ3n) is 4.68. The minimum atomic E-state index is -4.33. The SMILES string of the molecule is O[C@]1(CN2CCN(c3cccc(C(F)(F)F)c3)CC2)CNCCOC1. The predicted molar refractivity (Wildman–Crippen MR) is 88.7 cm³/mol. The van der Waals surface area contributed by atoms with Crippen molar-refractivity contribution < 1.29 is 23.0 Å². The van der Waals surface area contributed by atoms with Crippen LogP contribution in [0.4, 0.5) is 18.9 Å². The molecule has 2 saturated heterocycles. The van der Waals surface area contributed by atoms with Gasteiger partial charge in [-0.15, -0.1) is 0 Å². The molecule has 0 amide bonds. The molecule has 2 N–H and O–H groups in total. The molecule has 0 saturated carbocycles. The minimum Gasteiger partial charge on any atom is -0.385 e. The van der Waals surface area contributed by atoms with Crippen molar-refractivity contribution in [3.63, 3.8) is 0 Å². The van der Waals surface area contributed by atoms with Crippen molar-refractivity contribution in [1.29, 1.82) is 0 Å². The number of aliphatic hydroxyl groups is 1. The number of hydrogen-bond acceptors (Lipinski definition) is 5. The number of nitrogens with zero attached hydrogens (tertiary/aromatic N) is 2. The number of ether oxygens (including phenoxy) is 1. The highest BCUT2D eigenvalue weighted by atomic mass is 19.4. The van der Waals surface area contributed by atoms with Crippen molar-refractivity contribution >= 4 is 5.69 Å². The van der Waals surface area contributed by atoms with Crippen LogP contribution >= 0.6 is 0 Å². The zero-order valence-electron chi connectivity index (χ0n) is 14.1. The largest absolute Gasteiger partial charge is 0.416 e. The maximum absolute atomic E-state index is 12.9. The standard InChI is InChI=1S/C17H24F3N3O2/c18-17(19,20)14-2-1-3-15(10-14)23-7-5-22(6-8-23)12-16(24)11-21-4-9-25-13-16/h1-3,10,21,24H,4-9,11-13H2/t16-/m0/s1. The van der Waals surface area contributed by atoms with E-state index in [-0.39, 0.29) is 0 Å². The molecule has 1 atom stereocenters. The van der Waals surface area contributed by atoms with Crippen LogP contribution in [0, 0.1) is 0 Å². The van der Waals surface area contributed by atoms with Gasteiger partial charge < -0.3 is 20.1 Å². The molecule has 0 aromatic heterocycles. The highest BCUT2D eigenvalue weighted by molar-refractivity contribution is 5.49. The molecule has 2 aliphatic rings. The number of nitrogens with one attached hydrogen (secondary N) is 1. The molecule has 2 fully saturated rings. The summed E-state index contributed by atoms with van der Waals surface area (Å²) in [4.78, 5) is 4.10. The molecule has 0 aliphatic carbocycles. The number of halogens is 3. The molecule has 25 heavy (non-hydrogen) atoms. The number of rotatable bonds is 3. The summed E-state index contributed by atoms with van der Waals surface area (Å²) in [6.07, 6.45) is -4.33. The van der Waals surface area contributed by atoms with Crippen LogP contribution in [-0.2, 0) is 10.9 Å². The van der Waals surface area contributed by atoms with Gasteiger partial charge in [0.15, 0.2) is 0 Å². The van der Waals surface area contributed by atoms with Gasteiger partial charge in [0, 0.05) is 51.5 Å².